The van der Waals surface area contributed by atoms with Crippen molar-refractivity contribution in [3.05, 3.63) is 35.8 Å². The number of ether oxygens (including phenoxy) is 1. The number of benzene rings is 1. The molecule has 0 spiro atoms. The van der Waals surface area contributed by atoms with Crippen molar-refractivity contribution in [1.82, 2.24) is 9.97 Å². The van der Waals surface area contributed by atoms with Gasteiger partial charge < -0.3 is 31.7 Å². The third kappa shape index (κ3) is 5.82. The van der Waals surface area contributed by atoms with Gasteiger partial charge in [0.2, 0.25) is 11.9 Å². The molecule has 1 saturated heterocycles. The number of carbonyl (C=O) groups excluding carboxylic acids is 2. The second kappa shape index (κ2) is 10.2. The summed E-state index contributed by atoms with van der Waals surface area (Å²) in [6, 6.07) is 3.96. The minimum Gasteiger partial charge on any atom is -0.378 e. The van der Waals surface area contributed by atoms with Crippen molar-refractivity contribution in [1.29, 1.82) is 0 Å². The monoisotopic (exact) mass is 445 g/mol. The van der Waals surface area contributed by atoms with E-state index in [9.17, 15) is 14.0 Å². The predicted molar refractivity (Wildman–Crippen MR) is 119 cm³/mol. The summed E-state index contributed by atoms with van der Waals surface area (Å²) in [4.78, 5) is 33.8. The maximum absolute atomic E-state index is 14.7. The smallest absolute Gasteiger partial charge is 0.254 e. The van der Waals surface area contributed by atoms with Crippen LogP contribution in [0.15, 0.2) is 24.4 Å². The third-order valence-corrected chi connectivity index (χ3v) is 4.97. The van der Waals surface area contributed by atoms with Crippen LogP contribution in [0, 0.1) is 11.7 Å². The Kier molecular flexibility index (Phi) is 7.41. The Bertz CT molecular complexity index is 980. The van der Waals surface area contributed by atoms with E-state index in [4.69, 9.17) is 16.2 Å². The molecule has 32 heavy (non-hydrogen) atoms. The number of carbonyl (C=O) groups is 2. The lowest BCUT2D eigenvalue weighted by molar-refractivity contribution is -0.119. The van der Waals surface area contributed by atoms with E-state index in [0.717, 1.165) is 0 Å². The Morgan fingerprint density at radius 1 is 1.25 bits per heavy atom. The molecule has 1 fully saturated rings. The van der Waals surface area contributed by atoms with E-state index in [0.29, 0.717) is 44.1 Å². The fourth-order valence-electron chi connectivity index (χ4n) is 3.38. The molecule has 0 saturated carbocycles. The zero-order chi connectivity index (χ0) is 23.3. The van der Waals surface area contributed by atoms with Gasteiger partial charge in [0, 0.05) is 25.0 Å². The Morgan fingerprint density at radius 3 is 2.56 bits per heavy atom. The molecule has 1 aromatic heterocycles. The molecule has 10 nitrogen and oxygen atoms in total. The van der Waals surface area contributed by atoms with E-state index in [1.165, 1.54) is 12.3 Å². The maximum atomic E-state index is 14.7. The van der Waals surface area contributed by atoms with Crippen LogP contribution >= 0.6 is 0 Å². The summed E-state index contributed by atoms with van der Waals surface area (Å²) < 4.78 is 20.1. The summed E-state index contributed by atoms with van der Waals surface area (Å²) in [6.07, 6.45) is 1.72. The highest BCUT2D eigenvalue weighted by molar-refractivity contribution is 5.98. The van der Waals surface area contributed by atoms with E-state index < -0.39 is 23.7 Å². The van der Waals surface area contributed by atoms with Crippen LogP contribution in [0.2, 0.25) is 0 Å². The molecule has 2 heterocycles. The molecular weight excluding hydrogens is 417 g/mol. The highest BCUT2D eigenvalue weighted by atomic mass is 19.1. The number of amides is 2. The van der Waals surface area contributed by atoms with Gasteiger partial charge in [0.1, 0.15) is 23.2 Å². The molecule has 1 atom stereocenters. The number of nitrogens with one attached hydrogen (secondary N) is 2. The molecular formula is C21H28FN7O3. The van der Waals surface area contributed by atoms with Crippen LogP contribution in [0.5, 0.6) is 0 Å². The Morgan fingerprint density at radius 2 is 1.97 bits per heavy atom. The number of rotatable bonds is 9. The average Bonchev–Trinajstić information content (AvgIpc) is 2.73. The lowest BCUT2D eigenvalue weighted by atomic mass is 10.0. The zero-order valence-electron chi connectivity index (χ0n) is 18.1. The molecule has 0 radical (unpaired) electrons. The van der Waals surface area contributed by atoms with E-state index >= 15 is 0 Å². The van der Waals surface area contributed by atoms with Gasteiger partial charge in [-0.25, -0.2) is 9.37 Å². The first-order valence-electron chi connectivity index (χ1n) is 10.4. The first-order valence-corrected chi connectivity index (χ1v) is 10.4. The van der Waals surface area contributed by atoms with Crippen LogP contribution in [-0.4, -0.2) is 54.1 Å². The zero-order valence-corrected chi connectivity index (χ0v) is 18.1. The van der Waals surface area contributed by atoms with Gasteiger partial charge in [-0.15, -0.1) is 0 Å². The van der Waals surface area contributed by atoms with Crippen molar-refractivity contribution in [3.63, 3.8) is 0 Å². The second-order valence-electron chi connectivity index (χ2n) is 7.94. The molecule has 0 aliphatic carbocycles. The summed E-state index contributed by atoms with van der Waals surface area (Å²) in [5.41, 5.74) is 11.8. The van der Waals surface area contributed by atoms with Crippen molar-refractivity contribution in [2.24, 2.45) is 17.4 Å². The first-order chi connectivity index (χ1) is 15.2. The van der Waals surface area contributed by atoms with Gasteiger partial charge in [0.15, 0.2) is 0 Å². The maximum Gasteiger partial charge on any atom is 0.254 e. The van der Waals surface area contributed by atoms with Gasteiger partial charge in [0.25, 0.3) is 5.91 Å². The van der Waals surface area contributed by atoms with Crippen LogP contribution in [-0.2, 0) is 9.53 Å². The number of hydrogen-bond donors (Lipinski definition) is 4. The third-order valence-electron chi connectivity index (χ3n) is 4.97. The van der Waals surface area contributed by atoms with Crippen LogP contribution < -0.4 is 27.0 Å². The molecule has 2 aromatic rings. The summed E-state index contributed by atoms with van der Waals surface area (Å²) in [5.74, 6) is -1.34. The average molecular weight is 445 g/mol. The highest BCUT2D eigenvalue weighted by Gasteiger charge is 2.20. The van der Waals surface area contributed by atoms with Crippen molar-refractivity contribution in [2.45, 2.75) is 26.3 Å². The molecule has 2 amide bonds. The number of nitrogens with zero attached hydrogens (tertiary/aromatic N) is 3. The van der Waals surface area contributed by atoms with Crippen LogP contribution in [0.4, 0.5) is 27.5 Å². The van der Waals surface area contributed by atoms with Crippen LogP contribution in [0.25, 0.3) is 0 Å². The Balaban J connectivity index is 1.84. The topological polar surface area (TPSA) is 148 Å². The van der Waals surface area contributed by atoms with E-state index in [1.54, 1.807) is 12.1 Å². The minimum absolute atomic E-state index is 0.0210. The van der Waals surface area contributed by atoms with Gasteiger partial charge in [-0.3, -0.25) is 9.59 Å². The van der Waals surface area contributed by atoms with Crippen molar-refractivity contribution >= 4 is 35.0 Å². The molecule has 1 unspecified atom stereocenters. The first kappa shape index (κ1) is 23.2. The number of morpholine rings is 1. The second-order valence-corrected chi connectivity index (χ2v) is 7.94. The summed E-state index contributed by atoms with van der Waals surface area (Å²) in [5, 5.41) is 5.80. The number of anilines is 4. The SMILES string of the molecule is CC(C)CC(Nc1ncc(C(N)=O)c(Nc2ccc(N3CCOCC3)c(F)c2)n1)C(N)=O. The number of aromatic nitrogens is 2. The minimum atomic E-state index is -0.752. The highest BCUT2D eigenvalue weighted by Crippen LogP contribution is 2.26. The number of hydrogen-bond acceptors (Lipinski definition) is 8. The number of nitrogens with two attached hydrogens (primary N) is 2. The van der Waals surface area contributed by atoms with Gasteiger partial charge in [0.05, 0.1) is 18.9 Å². The summed E-state index contributed by atoms with van der Waals surface area (Å²) in [7, 11) is 0. The fourth-order valence-corrected chi connectivity index (χ4v) is 3.38. The van der Waals surface area contributed by atoms with Gasteiger partial charge in [-0.05, 0) is 30.5 Å². The molecule has 1 aliphatic rings. The van der Waals surface area contributed by atoms with Crippen molar-refractivity contribution in [3.8, 4) is 0 Å². The van der Waals surface area contributed by atoms with Crippen molar-refractivity contribution < 1.29 is 18.7 Å². The number of primary amides is 2. The lowest BCUT2D eigenvalue weighted by Gasteiger charge is -2.29. The molecule has 1 aromatic carbocycles. The molecule has 1 aliphatic heterocycles. The van der Waals surface area contributed by atoms with Crippen LogP contribution in [0.3, 0.4) is 0 Å². The number of halogens is 1. The molecule has 0 bridgehead atoms. The largest absolute Gasteiger partial charge is 0.378 e. The summed E-state index contributed by atoms with van der Waals surface area (Å²) in [6.45, 7) is 6.21. The Hall–Kier alpha value is -3.47. The standard InChI is InChI=1S/C21H28FN7O3/c1-12(2)9-16(19(24)31)27-21-25-11-14(18(23)30)20(28-21)26-13-3-4-17(15(22)10-13)29-5-7-32-8-6-29/h3-4,10-12,16H,5-9H2,1-2H3,(H2,23,30)(H2,24,31)(H2,25,26,27,28). The lowest BCUT2D eigenvalue weighted by Crippen LogP contribution is -2.37. The van der Waals surface area contributed by atoms with Gasteiger partial charge in [-0.2, -0.15) is 4.98 Å². The quantitative estimate of drug-likeness (QED) is 0.455. The van der Waals surface area contributed by atoms with E-state index in [-0.39, 0.29) is 23.2 Å². The predicted octanol–water partition coefficient (Wildman–Crippen LogP) is 1.61. The van der Waals surface area contributed by atoms with E-state index in [2.05, 4.69) is 20.6 Å². The summed E-state index contributed by atoms with van der Waals surface area (Å²) >= 11 is 0. The molecule has 6 N–H and O–H groups in total. The van der Waals surface area contributed by atoms with Gasteiger partial charge in [-0.1, -0.05) is 13.8 Å². The molecule has 3 rings (SSSR count). The fraction of sp³-hybridized carbons (Fsp3) is 0.429. The van der Waals surface area contributed by atoms with Crippen molar-refractivity contribution in [2.75, 3.05) is 41.8 Å². The van der Waals surface area contributed by atoms with Crippen LogP contribution in [0.1, 0.15) is 30.6 Å². The molecule has 11 heteroatoms. The Labute approximate surface area is 185 Å². The van der Waals surface area contributed by atoms with Gasteiger partial charge >= 0.3 is 0 Å². The normalized spacial score (nSPS) is 14.8. The molecule has 172 valence electrons. The van der Waals surface area contributed by atoms with E-state index in [1.807, 2.05) is 18.7 Å².